The predicted molar refractivity (Wildman–Crippen MR) is 88.6 cm³/mol. The highest BCUT2D eigenvalue weighted by Gasteiger charge is 2.30. The molecular formula is C18H26Si. The molecule has 0 unspecified atom stereocenters. The van der Waals surface area contributed by atoms with E-state index in [9.17, 15) is 0 Å². The fraction of sp³-hybridized carbons (Fsp3) is 0.444. The quantitative estimate of drug-likeness (QED) is 0.668. The first-order valence-corrected chi connectivity index (χ1v) is 10.5. The maximum atomic E-state index is 2.51. The predicted octanol–water partition coefficient (Wildman–Crippen LogP) is 4.90. The third-order valence-corrected chi connectivity index (χ3v) is 8.17. The van der Waals surface area contributed by atoms with Crippen LogP contribution in [0.2, 0.25) is 13.1 Å². The summed E-state index contributed by atoms with van der Waals surface area (Å²) in [5.74, 6) is 0. The van der Waals surface area contributed by atoms with E-state index in [1.54, 1.807) is 16.0 Å². The number of allylic oxidation sites excluding steroid dienone is 4. The fourth-order valence-electron chi connectivity index (χ4n) is 2.95. The van der Waals surface area contributed by atoms with E-state index in [1.807, 2.05) is 0 Å². The Morgan fingerprint density at radius 3 is 2.42 bits per heavy atom. The van der Waals surface area contributed by atoms with Crippen molar-refractivity contribution in [1.82, 2.24) is 0 Å². The minimum Gasteiger partial charge on any atom is -0.0806 e. The first-order chi connectivity index (χ1) is 9.05. The topological polar surface area (TPSA) is 0 Å². The van der Waals surface area contributed by atoms with Crippen LogP contribution in [0.3, 0.4) is 0 Å². The van der Waals surface area contributed by atoms with E-state index in [-0.39, 0.29) is 0 Å². The molecule has 1 aliphatic carbocycles. The number of unbranched alkanes of at least 4 members (excludes halogenated alkanes) is 1. The molecular weight excluding hydrogens is 244 g/mol. The van der Waals surface area contributed by atoms with Crippen molar-refractivity contribution >= 4 is 13.3 Å². The van der Waals surface area contributed by atoms with Crippen LogP contribution >= 0.6 is 0 Å². The number of hydrogen-bond acceptors (Lipinski definition) is 0. The van der Waals surface area contributed by atoms with Crippen LogP contribution in [0.25, 0.3) is 0 Å². The maximum Gasteiger partial charge on any atom is 0.108 e. The zero-order valence-corrected chi connectivity index (χ0v) is 13.8. The van der Waals surface area contributed by atoms with Gasteiger partial charge in [-0.25, -0.2) is 0 Å². The second-order valence-corrected chi connectivity index (χ2v) is 10.6. The van der Waals surface area contributed by atoms with Crippen molar-refractivity contribution in [2.75, 3.05) is 0 Å². The first-order valence-electron chi connectivity index (χ1n) is 7.52. The number of aryl methyl sites for hydroxylation is 1. The van der Waals surface area contributed by atoms with Crippen molar-refractivity contribution < 1.29 is 0 Å². The van der Waals surface area contributed by atoms with Gasteiger partial charge in [0.2, 0.25) is 0 Å². The lowest BCUT2D eigenvalue weighted by Gasteiger charge is -2.27. The molecule has 0 aromatic heterocycles. The summed E-state index contributed by atoms with van der Waals surface area (Å²) in [5, 5.41) is 3.33. The van der Waals surface area contributed by atoms with Crippen molar-refractivity contribution in [1.29, 1.82) is 0 Å². The van der Waals surface area contributed by atoms with Crippen LogP contribution in [0.1, 0.15) is 38.2 Å². The summed E-state index contributed by atoms with van der Waals surface area (Å²) >= 11 is 0. The van der Waals surface area contributed by atoms with Gasteiger partial charge in [0.1, 0.15) is 8.07 Å². The van der Waals surface area contributed by atoms with Gasteiger partial charge in [-0.3, -0.25) is 0 Å². The van der Waals surface area contributed by atoms with Gasteiger partial charge in [0, 0.05) is 0 Å². The zero-order chi connectivity index (χ0) is 13.9. The molecule has 0 bridgehead atoms. The Balaban J connectivity index is 2.30. The average molecular weight is 270 g/mol. The summed E-state index contributed by atoms with van der Waals surface area (Å²) in [6, 6.07) is 9.23. The number of benzene rings is 1. The number of rotatable bonds is 5. The SMILES string of the molecule is CCCCC1=C([Si](C)(C)c2ccc(C)cc2)CC=C1. The molecule has 2 rings (SSSR count). The lowest BCUT2D eigenvalue weighted by atomic mass is 10.1. The molecule has 0 saturated carbocycles. The van der Waals surface area contributed by atoms with Gasteiger partial charge >= 0.3 is 0 Å². The third-order valence-electron chi connectivity index (χ3n) is 4.36. The second-order valence-electron chi connectivity index (χ2n) is 6.20. The van der Waals surface area contributed by atoms with E-state index in [4.69, 9.17) is 0 Å². The highest BCUT2D eigenvalue weighted by molar-refractivity contribution is 6.95. The molecule has 0 spiro atoms. The smallest absolute Gasteiger partial charge is 0.0806 e. The molecule has 0 atom stereocenters. The summed E-state index contributed by atoms with van der Waals surface area (Å²) < 4.78 is 0. The van der Waals surface area contributed by atoms with Crippen LogP contribution in [0, 0.1) is 6.92 Å². The standard InChI is InChI=1S/C18H26Si/c1-5-6-8-16-9-7-10-18(16)19(3,4)17-13-11-15(2)12-14-17/h7,9,11-14H,5-6,8,10H2,1-4H3. The number of hydrogen-bond donors (Lipinski definition) is 0. The van der Waals surface area contributed by atoms with E-state index < -0.39 is 8.07 Å². The molecule has 1 aromatic rings. The van der Waals surface area contributed by atoms with Gasteiger partial charge in [0.15, 0.2) is 0 Å². The Labute approximate surface area is 119 Å². The van der Waals surface area contributed by atoms with Gasteiger partial charge in [0.05, 0.1) is 0 Å². The molecule has 0 amide bonds. The van der Waals surface area contributed by atoms with E-state index in [2.05, 4.69) is 63.4 Å². The minimum atomic E-state index is -1.47. The second kappa shape index (κ2) is 5.92. The zero-order valence-electron chi connectivity index (χ0n) is 12.8. The summed E-state index contributed by atoms with van der Waals surface area (Å²) in [6.07, 6.45) is 9.81. The van der Waals surface area contributed by atoms with Gasteiger partial charge in [-0.1, -0.05) is 84.4 Å². The Bertz CT molecular complexity index is 489. The molecule has 0 nitrogen and oxygen atoms in total. The average Bonchev–Trinajstić information content (AvgIpc) is 2.86. The summed E-state index contributed by atoms with van der Waals surface area (Å²) in [7, 11) is -1.47. The van der Waals surface area contributed by atoms with Crippen molar-refractivity contribution in [2.24, 2.45) is 0 Å². The van der Waals surface area contributed by atoms with Crippen molar-refractivity contribution in [3.05, 3.63) is 52.8 Å². The lowest BCUT2D eigenvalue weighted by Crippen LogP contribution is -2.43. The van der Waals surface area contributed by atoms with Crippen molar-refractivity contribution in [2.45, 2.75) is 52.6 Å². The molecule has 1 aliphatic rings. The molecule has 102 valence electrons. The Kier molecular flexibility index (Phi) is 4.46. The molecule has 1 aromatic carbocycles. The van der Waals surface area contributed by atoms with Gasteiger partial charge in [0.25, 0.3) is 0 Å². The maximum absolute atomic E-state index is 2.51. The molecule has 0 heterocycles. The van der Waals surface area contributed by atoms with Gasteiger partial charge in [-0.15, -0.1) is 0 Å². The molecule has 0 saturated heterocycles. The van der Waals surface area contributed by atoms with Crippen LogP contribution in [0.4, 0.5) is 0 Å². The lowest BCUT2D eigenvalue weighted by molar-refractivity contribution is 0.797. The van der Waals surface area contributed by atoms with Crippen LogP contribution in [-0.4, -0.2) is 8.07 Å². The minimum absolute atomic E-state index is 1.19. The highest BCUT2D eigenvalue weighted by Crippen LogP contribution is 2.31. The highest BCUT2D eigenvalue weighted by atomic mass is 28.3. The van der Waals surface area contributed by atoms with Gasteiger partial charge < -0.3 is 0 Å². The largest absolute Gasteiger partial charge is 0.108 e. The van der Waals surface area contributed by atoms with E-state index >= 15 is 0 Å². The Morgan fingerprint density at radius 2 is 1.79 bits per heavy atom. The summed E-state index contributed by atoms with van der Waals surface area (Å²) in [4.78, 5) is 0. The van der Waals surface area contributed by atoms with Crippen LogP contribution in [0.5, 0.6) is 0 Å². The van der Waals surface area contributed by atoms with E-state index in [0.717, 1.165) is 0 Å². The summed E-state index contributed by atoms with van der Waals surface area (Å²) in [5.41, 5.74) is 3.00. The molecule has 0 radical (unpaired) electrons. The Hall–Kier alpha value is -1.08. The van der Waals surface area contributed by atoms with Crippen LogP contribution in [-0.2, 0) is 0 Å². The van der Waals surface area contributed by atoms with Crippen LogP contribution < -0.4 is 5.19 Å². The summed E-state index contributed by atoms with van der Waals surface area (Å²) in [6.45, 7) is 9.46. The fourth-order valence-corrected chi connectivity index (χ4v) is 5.94. The van der Waals surface area contributed by atoms with Crippen molar-refractivity contribution in [3.8, 4) is 0 Å². The van der Waals surface area contributed by atoms with E-state index in [0.29, 0.717) is 0 Å². The Morgan fingerprint density at radius 1 is 1.11 bits per heavy atom. The van der Waals surface area contributed by atoms with Gasteiger partial charge in [-0.2, -0.15) is 0 Å². The van der Waals surface area contributed by atoms with E-state index in [1.165, 1.54) is 31.2 Å². The van der Waals surface area contributed by atoms with Crippen LogP contribution in [0.15, 0.2) is 47.2 Å². The monoisotopic (exact) mass is 270 g/mol. The molecule has 0 aliphatic heterocycles. The molecule has 0 N–H and O–H groups in total. The van der Waals surface area contributed by atoms with Crippen molar-refractivity contribution in [3.63, 3.8) is 0 Å². The third kappa shape index (κ3) is 3.09. The normalized spacial score (nSPS) is 15.4. The molecule has 19 heavy (non-hydrogen) atoms. The molecule has 1 heteroatoms. The molecule has 0 fully saturated rings. The van der Waals surface area contributed by atoms with Gasteiger partial charge in [-0.05, 0) is 26.2 Å². The first kappa shape index (κ1) is 14.3.